The molecule has 25 heavy (non-hydrogen) atoms. The van der Waals surface area contributed by atoms with Gasteiger partial charge in [-0.3, -0.25) is 4.79 Å². The van der Waals surface area contributed by atoms with E-state index >= 15 is 0 Å². The quantitative estimate of drug-likeness (QED) is 0.750. The van der Waals surface area contributed by atoms with E-state index in [1.807, 2.05) is 30.8 Å². The molecule has 0 spiro atoms. The van der Waals surface area contributed by atoms with Crippen LogP contribution < -0.4 is 5.32 Å². The number of carbonyl (C=O) groups is 1. The Hall–Kier alpha value is -2.47. The summed E-state index contributed by atoms with van der Waals surface area (Å²) in [5.74, 6) is 0.240. The molecule has 1 unspecified atom stereocenters. The zero-order valence-electron chi connectivity index (χ0n) is 14.4. The van der Waals surface area contributed by atoms with Crippen molar-refractivity contribution in [1.29, 1.82) is 0 Å². The second-order valence-electron chi connectivity index (χ2n) is 5.90. The predicted molar refractivity (Wildman–Crippen MR) is 97.4 cm³/mol. The molecule has 1 atom stereocenters. The number of thiophene rings is 1. The van der Waals surface area contributed by atoms with Crippen molar-refractivity contribution in [2.75, 3.05) is 0 Å². The Labute approximate surface area is 150 Å². The standard InChI is InChI=1S/C19H20FN3OS/c1-4-13-11-16(25-12(13)2)19(24)22-17(18-21-9-10-23(18)3)14-5-7-15(20)8-6-14/h5-11,17H,4H2,1-3H3,(H,22,24). The van der Waals surface area contributed by atoms with Crippen LogP contribution in [0.4, 0.5) is 4.39 Å². The fourth-order valence-electron chi connectivity index (χ4n) is 2.79. The van der Waals surface area contributed by atoms with Gasteiger partial charge in [-0.2, -0.15) is 0 Å². The zero-order chi connectivity index (χ0) is 18.0. The Kier molecular flexibility index (Phi) is 4.99. The van der Waals surface area contributed by atoms with Crippen LogP contribution in [0.3, 0.4) is 0 Å². The number of halogens is 1. The number of aryl methyl sites for hydroxylation is 3. The smallest absolute Gasteiger partial charge is 0.262 e. The normalized spacial score (nSPS) is 12.2. The van der Waals surface area contributed by atoms with Crippen molar-refractivity contribution >= 4 is 17.2 Å². The average Bonchev–Trinajstić information content (AvgIpc) is 3.19. The lowest BCUT2D eigenvalue weighted by Gasteiger charge is -2.19. The van der Waals surface area contributed by atoms with E-state index in [4.69, 9.17) is 0 Å². The van der Waals surface area contributed by atoms with E-state index in [-0.39, 0.29) is 11.7 Å². The maximum absolute atomic E-state index is 13.3. The monoisotopic (exact) mass is 357 g/mol. The van der Waals surface area contributed by atoms with E-state index < -0.39 is 6.04 Å². The summed E-state index contributed by atoms with van der Waals surface area (Å²) < 4.78 is 15.1. The Morgan fingerprint density at radius 2 is 2.08 bits per heavy atom. The van der Waals surface area contributed by atoms with Gasteiger partial charge in [-0.05, 0) is 42.7 Å². The molecule has 130 valence electrons. The molecule has 0 aliphatic rings. The van der Waals surface area contributed by atoms with Crippen LogP contribution in [-0.4, -0.2) is 15.5 Å². The van der Waals surface area contributed by atoms with Crippen molar-refractivity contribution in [2.45, 2.75) is 26.3 Å². The van der Waals surface area contributed by atoms with Gasteiger partial charge in [-0.25, -0.2) is 9.37 Å². The van der Waals surface area contributed by atoms with Crippen LogP contribution in [0.2, 0.25) is 0 Å². The average molecular weight is 357 g/mol. The number of rotatable bonds is 5. The molecule has 3 aromatic rings. The fraction of sp³-hybridized carbons (Fsp3) is 0.263. The molecule has 3 rings (SSSR count). The summed E-state index contributed by atoms with van der Waals surface area (Å²) in [5.41, 5.74) is 1.97. The van der Waals surface area contributed by atoms with Crippen LogP contribution in [0.15, 0.2) is 42.7 Å². The van der Waals surface area contributed by atoms with E-state index in [0.29, 0.717) is 10.7 Å². The van der Waals surface area contributed by atoms with Crippen LogP contribution in [0, 0.1) is 12.7 Å². The third-order valence-corrected chi connectivity index (χ3v) is 5.31. The maximum atomic E-state index is 13.3. The van der Waals surface area contributed by atoms with E-state index in [0.717, 1.165) is 16.9 Å². The first-order valence-corrected chi connectivity index (χ1v) is 8.94. The molecule has 0 aliphatic heterocycles. The minimum atomic E-state index is -0.444. The molecule has 0 aliphatic carbocycles. The van der Waals surface area contributed by atoms with Crippen molar-refractivity contribution in [1.82, 2.24) is 14.9 Å². The van der Waals surface area contributed by atoms with Gasteiger partial charge in [0, 0.05) is 24.3 Å². The second-order valence-corrected chi connectivity index (χ2v) is 7.16. The highest BCUT2D eigenvalue weighted by atomic mass is 32.1. The summed E-state index contributed by atoms with van der Waals surface area (Å²) in [5, 5.41) is 3.04. The molecule has 0 saturated carbocycles. The molecular formula is C19H20FN3OS. The summed E-state index contributed by atoms with van der Waals surface area (Å²) in [7, 11) is 1.87. The molecule has 1 amide bonds. The van der Waals surface area contributed by atoms with Crippen molar-refractivity contribution in [2.24, 2.45) is 7.05 Å². The van der Waals surface area contributed by atoms with Crippen molar-refractivity contribution in [3.05, 3.63) is 75.2 Å². The van der Waals surface area contributed by atoms with Crippen molar-refractivity contribution in [3.8, 4) is 0 Å². The number of nitrogens with one attached hydrogen (secondary N) is 1. The van der Waals surface area contributed by atoms with Gasteiger partial charge < -0.3 is 9.88 Å². The van der Waals surface area contributed by atoms with E-state index in [1.165, 1.54) is 29.0 Å². The molecule has 6 heteroatoms. The number of benzene rings is 1. The number of hydrogen-bond acceptors (Lipinski definition) is 3. The Balaban J connectivity index is 1.93. The summed E-state index contributed by atoms with van der Waals surface area (Å²) in [6, 6.07) is 7.62. The number of imidazole rings is 1. The summed E-state index contributed by atoms with van der Waals surface area (Å²) >= 11 is 1.49. The van der Waals surface area contributed by atoms with Crippen LogP contribution in [0.1, 0.15) is 44.5 Å². The topological polar surface area (TPSA) is 46.9 Å². The largest absolute Gasteiger partial charge is 0.337 e. The van der Waals surface area contributed by atoms with Gasteiger partial charge in [-0.15, -0.1) is 11.3 Å². The maximum Gasteiger partial charge on any atom is 0.262 e. The molecule has 2 heterocycles. The minimum absolute atomic E-state index is 0.148. The van der Waals surface area contributed by atoms with Crippen LogP contribution in [0.5, 0.6) is 0 Å². The predicted octanol–water partition coefficient (Wildman–Crippen LogP) is 4.01. The molecule has 1 aromatic carbocycles. The third-order valence-electron chi connectivity index (χ3n) is 4.22. The molecule has 0 bridgehead atoms. The lowest BCUT2D eigenvalue weighted by atomic mass is 10.1. The first-order chi connectivity index (χ1) is 12.0. The summed E-state index contributed by atoms with van der Waals surface area (Å²) in [6.45, 7) is 4.10. The highest BCUT2D eigenvalue weighted by Gasteiger charge is 2.22. The van der Waals surface area contributed by atoms with Gasteiger partial charge in [-0.1, -0.05) is 19.1 Å². The van der Waals surface area contributed by atoms with Gasteiger partial charge in [0.05, 0.1) is 4.88 Å². The lowest BCUT2D eigenvalue weighted by molar-refractivity contribution is 0.0945. The van der Waals surface area contributed by atoms with Crippen molar-refractivity contribution in [3.63, 3.8) is 0 Å². The van der Waals surface area contributed by atoms with E-state index in [1.54, 1.807) is 18.3 Å². The second kappa shape index (κ2) is 7.19. The highest BCUT2D eigenvalue weighted by Crippen LogP contribution is 2.25. The van der Waals surface area contributed by atoms with Crippen LogP contribution >= 0.6 is 11.3 Å². The zero-order valence-corrected chi connectivity index (χ0v) is 15.2. The Morgan fingerprint density at radius 3 is 2.64 bits per heavy atom. The summed E-state index contributed by atoms with van der Waals surface area (Å²) in [4.78, 5) is 19.0. The summed E-state index contributed by atoms with van der Waals surface area (Å²) in [6.07, 6.45) is 4.40. The fourth-order valence-corrected chi connectivity index (χ4v) is 3.81. The number of nitrogens with zero attached hydrogens (tertiary/aromatic N) is 2. The Morgan fingerprint density at radius 1 is 1.36 bits per heavy atom. The van der Waals surface area contributed by atoms with Gasteiger partial charge in [0.2, 0.25) is 0 Å². The molecule has 0 fully saturated rings. The molecule has 4 nitrogen and oxygen atoms in total. The minimum Gasteiger partial charge on any atom is -0.337 e. The molecule has 0 saturated heterocycles. The van der Waals surface area contributed by atoms with Gasteiger partial charge in [0.15, 0.2) is 0 Å². The molecule has 0 radical (unpaired) electrons. The SMILES string of the molecule is CCc1cc(C(=O)NC(c2ccc(F)cc2)c2nccn2C)sc1C. The Bertz CT molecular complexity index is 882. The number of hydrogen-bond donors (Lipinski definition) is 1. The van der Waals surface area contributed by atoms with E-state index in [9.17, 15) is 9.18 Å². The third kappa shape index (κ3) is 3.64. The first kappa shape index (κ1) is 17.4. The van der Waals surface area contributed by atoms with Gasteiger partial charge in [0.1, 0.15) is 17.7 Å². The van der Waals surface area contributed by atoms with Crippen LogP contribution in [-0.2, 0) is 13.5 Å². The number of carbonyl (C=O) groups excluding carboxylic acids is 1. The van der Waals surface area contributed by atoms with Gasteiger partial charge >= 0.3 is 0 Å². The number of aromatic nitrogens is 2. The van der Waals surface area contributed by atoms with E-state index in [2.05, 4.69) is 17.2 Å². The molecule has 2 aromatic heterocycles. The first-order valence-electron chi connectivity index (χ1n) is 8.12. The number of amides is 1. The van der Waals surface area contributed by atoms with Crippen LogP contribution in [0.25, 0.3) is 0 Å². The van der Waals surface area contributed by atoms with Crippen molar-refractivity contribution < 1.29 is 9.18 Å². The lowest BCUT2D eigenvalue weighted by Crippen LogP contribution is -2.30. The highest BCUT2D eigenvalue weighted by molar-refractivity contribution is 7.14. The molecular weight excluding hydrogens is 337 g/mol. The molecule has 1 N–H and O–H groups in total. The van der Waals surface area contributed by atoms with Gasteiger partial charge in [0.25, 0.3) is 5.91 Å².